The third-order valence-electron chi connectivity index (χ3n) is 7.17. The highest BCUT2D eigenvalue weighted by Gasteiger charge is 2.45. The molecule has 0 unspecified atom stereocenters. The van der Waals surface area contributed by atoms with Crippen LogP contribution in [0.3, 0.4) is 0 Å². The van der Waals surface area contributed by atoms with Gasteiger partial charge in [0.2, 0.25) is 11.8 Å². The number of methoxy groups -OCH3 is 1. The van der Waals surface area contributed by atoms with Gasteiger partial charge in [-0.3, -0.25) is 19.2 Å². The molecule has 0 aliphatic heterocycles. The van der Waals surface area contributed by atoms with Crippen molar-refractivity contribution in [2.45, 2.75) is 57.3 Å². The Morgan fingerprint density at radius 3 is 1.83 bits per heavy atom. The van der Waals surface area contributed by atoms with Gasteiger partial charge in [0, 0.05) is 23.6 Å². The number of carbonyl (C=O) groups excluding carboxylic acids is 4. The SMILES string of the molecule is COc1ccc([C@H](NC(=O)[C@H](Cc2ccc(CN)cc2)NC(=O)c2cccc(Cl)c2)C(=O)N[C@H](C(=O)C(F)(F)F)C(C)C)cc1.O=C(O)C(F)(F)F. The highest BCUT2D eigenvalue weighted by Crippen LogP contribution is 2.24. The van der Waals surface area contributed by atoms with Gasteiger partial charge in [-0.05, 0) is 52.9 Å². The number of benzene rings is 3. The number of nitrogens with one attached hydrogen (secondary N) is 3. The Labute approximate surface area is 298 Å². The predicted octanol–water partition coefficient (Wildman–Crippen LogP) is 4.91. The summed E-state index contributed by atoms with van der Waals surface area (Å²) >= 11 is 6.04. The number of rotatable bonds is 13. The van der Waals surface area contributed by atoms with Crippen LogP contribution >= 0.6 is 11.6 Å². The molecule has 3 aromatic carbocycles. The number of ether oxygens (including phenoxy) is 1. The molecule has 3 aromatic rings. The number of carboxylic acids is 1. The average Bonchev–Trinajstić information content (AvgIpc) is 3.08. The second kappa shape index (κ2) is 18.9. The molecule has 3 rings (SSSR count). The van der Waals surface area contributed by atoms with E-state index in [1.165, 1.54) is 57.4 Å². The number of aliphatic carboxylic acids is 1. The summed E-state index contributed by atoms with van der Waals surface area (Å²) in [5.74, 6) is -7.88. The van der Waals surface area contributed by atoms with Crippen molar-refractivity contribution in [1.29, 1.82) is 0 Å². The molecule has 3 amide bonds. The molecule has 52 heavy (non-hydrogen) atoms. The lowest BCUT2D eigenvalue weighted by Crippen LogP contribution is -2.55. The molecular formula is C34H35ClF6N4O7. The molecule has 6 N–H and O–H groups in total. The van der Waals surface area contributed by atoms with Crippen molar-refractivity contribution in [2.75, 3.05) is 7.11 Å². The largest absolute Gasteiger partial charge is 0.497 e. The summed E-state index contributed by atoms with van der Waals surface area (Å²) < 4.78 is 76.9. The lowest BCUT2D eigenvalue weighted by Gasteiger charge is -2.27. The van der Waals surface area contributed by atoms with Crippen LogP contribution in [0.2, 0.25) is 5.02 Å². The van der Waals surface area contributed by atoms with E-state index in [-0.39, 0.29) is 17.5 Å². The Hall–Kier alpha value is -5.16. The van der Waals surface area contributed by atoms with Gasteiger partial charge in [-0.25, -0.2) is 4.79 Å². The molecule has 0 aromatic heterocycles. The van der Waals surface area contributed by atoms with Gasteiger partial charge >= 0.3 is 18.3 Å². The lowest BCUT2D eigenvalue weighted by atomic mass is 9.97. The van der Waals surface area contributed by atoms with E-state index in [4.69, 9.17) is 32.0 Å². The smallest absolute Gasteiger partial charge is 0.490 e. The van der Waals surface area contributed by atoms with Crippen LogP contribution in [0.4, 0.5) is 26.3 Å². The van der Waals surface area contributed by atoms with Crippen molar-refractivity contribution in [3.63, 3.8) is 0 Å². The minimum atomic E-state index is -5.20. The number of carboxylic acid groups (broad SMARTS) is 1. The molecule has 0 saturated carbocycles. The van der Waals surface area contributed by atoms with Gasteiger partial charge in [0.05, 0.1) is 13.2 Å². The molecule has 0 radical (unpaired) electrons. The van der Waals surface area contributed by atoms with Crippen LogP contribution in [0, 0.1) is 5.92 Å². The number of hydrogen-bond acceptors (Lipinski definition) is 7. The molecule has 282 valence electrons. The molecule has 0 aliphatic rings. The maximum Gasteiger partial charge on any atom is 0.490 e. The fourth-order valence-corrected chi connectivity index (χ4v) is 4.61. The molecule has 0 aliphatic carbocycles. The van der Waals surface area contributed by atoms with Crippen LogP contribution in [-0.2, 0) is 32.1 Å². The zero-order valence-corrected chi connectivity index (χ0v) is 28.5. The molecule has 0 heterocycles. The second-order valence-corrected chi connectivity index (χ2v) is 11.8. The summed E-state index contributed by atoms with van der Waals surface area (Å²) in [5, 5.41) is 14.8. The molecule has 0 fully saturated rings. The summed E-state index contributed by atoms with van der Waals surface area (Å²) in [6.07, 6.45) is -10.3. The van der Waals surface area contributed by atoms with E-state index in [1.54, 1.807) is 36.4 Å². The molecule has 0 spiro atoms. The second-order valence-electron chi connectivity index (χ2n) is 11.4. The van der Waals surface area contributed by atoms with Crippen molar-refractivity contribution in [3.05, 3.63) is 100 Å². The van der Waals surface area contributed by atoms with Crippen LogP contribution in [-0.4, -0.2) is 66.1 Å². The Morgan fingerprint density at radius 1 is 0.808 bits per heavy atom. The van der Waals surface area contributed by atoms with Gasteiger partial charge in [-0.15, -0.1) is 0 Å². The fourth-order valence-electron chi connectivity index (χ4n) is 4.42. The number of alkyl halides is 6. The van der Waals surface area contributed by atoms with E-state index in [2.05, 4.69) is 16.0 Å². The molecule has 0 bridgehead atoms. The summed E-state index contributed by atoms with van der Waals surface area (Å²) in [6, 6.07) is 14.3. The molecular weight excluding hydrogens is 726 g/mol. The number of Topliss-reactive ketones (excluding diaryl/α,β-unsaturated/α-hetero) is 1. The summed E-state index contributed by atoms with van der Waals surface area (Å²) in [6.45, 7) is 3.00. The molecule has 11 nitrogen and oxygen atoms in total. The first-order chi connectivity index (χ1) is 24.2. The highest BCUT2D eigenvalue weighted by molar-refractivity contribution is 6.31. The predicted molar refractivity (Wildman–Crippen MR) is 176 cm³/mol. The normalized spacial score (nSPS) is 13.1. The van der Waals surface area contributed by atoms with Gasteiger partial charge in [0.15, 0.2) is 0 Å². The van der Waals surface area contributed by atoms with Crippen LogP contribution in [0.25, 0.3) is 0 Å². The zero-order valence-electron chi connectivity index (χ0n) is 27.8. The number of nitrogens with two attached hydrogens (primary N) is 1. The molecule has 18 heteroatoms. The van der Waals surface area contributed by atoms with Gasteiger partial charge in [0.25, 0.3) is 11.7 Å². The zero-order chi connectivity index (χ0) is 39.4. The quantitative estimate of drug-likeness (QED) is 0.153. The maximum atomic E-state index is 13.8. The van der Waals surface area contributed by atoms with Crippen molar-refractivity contribution < 1.29 is 60.2 Å². The lowest BCUT2D eigenvalue weighted by molar-refractivity contribution is -0.192. The summed E-state index contributed by atoms with van der Waals surface area (Å²) in [5.41, 5.74) is 7.54. The van der Waals surface area contributed by atoms with Crippen LogP contribution in [0.5, 0.6) is 5.75 Å². The summed E-state index contributed by atoms with van der Waals surface area (Å²) in [7, 11) is 1.42. The van der Waals surface area contributed by atoms with Crippen molar-refractivity contribution in [2.24, 2.45) is 11.7 Å². The summed E-state index contributed by atoms with van der Waals surface area (Å²) in [4.78, 5) is 61.5. The van der Waals surface area contributed by atoms with Gasteiger partial charge in [0.1, 0.15) is 17.8 Å². The van der Waals surface area contributed by atoms with E-state index >= 15 is 0 Å². The van der Waals surface area contributed by atoms with Gasteiger partial charge < -0.3 is 31.5 Å². The molecule has 0 saturated heterocycles. The van der Waals surface area contributed by atoms with E-state index < -0.39 is 65.9 Å². The number of halogens is 7. The maximum absolute atomic E-state index is 13.8. The average molecular weight is 761 g/mol. The van der Waals surface area contributed by atoms with E-state index in [1.807, 2.05) is 0 Å². The van der Waals surface area contributed by atoms with Crippen LogP contribution in [0.1, 0.15) is 46.9 Å². The van der Waals surface area contributed by atoms with Crippen LogP contribution in [0.15, 0.2) is 72.8 Å². The van der Waals surface area contributed by atoms with E-state index in [9.17, 15) is 45.5 Å². The Morgan fingerprint density at radius 2 is 1.37 bits per heavy atom. The Kier molecular flexibility index (Phi) is 15.6. The van der Waals surface area contributed by atoms with Crippen molar-refractivity contribution in [1.82, 2.24) is 16.0 Å². The minimum absolute atomic E-state index is 0.0128. The first-order valence-corrected chi connectivity index (χ1v) is 15.6. The van der Waals surface area contributed by atoms with Gasteiger partial charge in [-0.2, -0.15) is 26.3 Å². The van der Waals surface area contributed by atoms with Crippen molar-refractivity contribution in [3.8, 4) is 5.75 Å². The first kappa shape index (κ1) is 43.0. The van der Waals surface area contributed by atoms with E-state index in [0.717, 1.165) is 5.56 Å². The third-order valence-corrected chi connectivity index (χ3v) is 7.41. The first-order valence-electron chi connectivity index (χ1n) is 15.2. The minimum Gasteiger partial charge on any atom is -0.497 e. The number of ketones is 1. The molecule has 3 atom stereocenters. The number of carbonyl (C=O) groups is 5. The Bertz CT molecular complexity index is 1700. The van der Waals surface area contributed by atoms with Crippen LogP contribution < -0.4 is 26.4 Å². The van der Waals surface area contributed by atoms with Gasteiger partial charge in [-0.1, -0.05) is 67.9 Å². The van der Waals surface area contributed by atoms with E-state index in [0.29, 0.717) is 22.9 Å². The standard InChI is InChI=1S/C32H34ClF3N4O5.C2HF3O2/c1-18(2)26(28(41)32(34,35)36)39-31(44)27(21-11-13-24(45-3)14-12-21)40-30(43)25(15-19-7-9-20(17-37)10-8-19)38-29(42)22-5-4-6-23(33)16-22;3-2(4,5)1(6)7/h4-14,16,18,25-27H,15,17,37H2,1-3H3,(H,38,42)(H,39,44)(H,40,43);(H,6,7)/t25-,26-,27-;/m0./s1. The third kappa shape index (κ3) is 13.2. The monoisotopic (exact) mass is 760 g/mol. The number of amides is 3. The number of hydrogen-bond donors (Lipinski definition) is 5. The highest BCUT2D eigenvalue weighted by atomic mass is 35.5. The topological polar surface area (TPSA) is 177 Å². The Balaban J connectivity index is 0.00000121. The fraction of sp³-hybridized carbons (Fsp3) is 0.324. The van der Waals surface area contributed by atoms with Crippen molar-refractivity contribution >= 4 is 41.1 Å².